The largest absolute Gasteiger partial charge is 0.497 e. The van der Waals surface area contributed by atoms with Gasteiger partial charge in [0, 0.05) is 37.4 Å². The molecule has 0 spiro atoms. The van der Waals surface area contributed by atoms with Gasteiger partial charge in [-0.05, 0) is 42.0 Å². The van der Waals surface area contributed by atoms with Crippen molar-refractivity contribution in [3.63, 3.8) is 0 Å². The van der Waals surface area contributed by atoms with Gasteiger partial charge in [0.2, 0.25) is 0 Å². The smallest absolute Gasteiger partial charge is 0.118 e. The Labute approximate surface area is 173 Å². The average molecular weight is 383 g/mol. The fraction of sp³-hybridized carbons (Fsp3) is 0.231. The predicted molar refractivity (Wildman–Crippen MR) is 119 cm³/mol. The highest BCUT2D eigenvalue weighted by atomic mass is 16.5. The van der Waals surface area contributed by atoms with Crippen molar-refractivity contribution in [1.29, 1.82) is 0 Å². The van der Waals surface area contributed by atoms with E-state index in [0.717, 1.165) is 37.5 Å². The second kappa shape index (κ2) is 9.32. The van der Waals surface area contributed by atoms with Gasteiger partial charge in [-0.25, -0.2) is 0 Å². The lowest BCUT2D eigenvalue weighted by Gasteiger charge is -2.38. The maximum atomic E-state index is 5.33. The van der Waals surface area contributed by atoms with Crippen molar-refractivity contribution < 1.29 is 4.74 Å². The molecule has 0 bridgehead atoms. The van der Waals surface area contributed by atoms with E-state index < -0.39 is 0 Å². The van der Waals surface area contributed by atoms with Gasteiger partial charge in [0.25, 0.3) is 0 Å². The highest BCUT2D eigenvalue weighted by Gasteiger charge is 2.24. The SMILES string of the molecule is COc1ccc(C(C#Cc2ccccc2)N2CCN(c3ccccc3)CC2)cc1. The van der Waals surface area contributed by atoms with Gasteiger partial charge < -0.3 is 9.64 Å². The Morgan fingerprint density at radius 3 is 2.00 bits per heavy atom. The maximum absolute atomic E-state index is 5.33. The lowest BCUT2D eigenvalue weighted by molar-refractivity contribution is 0.223. The van der Waals surface area contributed by atoms with Gasteiger partial charge in [0.05, 0.1) is 13.2 Å². The van der Waals surface area contributed by atoms with Crippen LogP contribution in [0.5, 0.6) is 5.75 Å². The topological polar surface area (TPSA) is 15.7 Å². The van der Waals surface area contributed by atoms with Crippen molar-refractivity contribution in [1.82, 2.24) is 4.90 Å². The minimum atomic E-state index is 0.0686. The predicted octanol–water partition coefficient (Wildman–Crippen LogP) is 4.61. The van der Waals surface area contributed by atoms with Crippen LogP contribution in [0.15, 0.2) is 84.9 Å². The quantitative estimate of drug-likeness (QED) is 0.613. The fourth-order valence-electron chi connectivity index (χ4n) is 3.72. The van der Waals surface area contributed by atoms with E-state index in [-0.39, 0.29) is 6.04 Å². The molecule has 3 aromatic carbocycles. The first-order valence-corrected chi connectivity index (χ1v) is 10.1. The van der Waals surface area contributed by atoms with E-state index in [4.69, 9.17) is 4.74 Å². The number of piperazine rings is 1. The van der Waals surface area contributed by atoms with Gasteiger partial charge >= 0.3 is 0 Å². The maximum Gasteiger partial charge on any atom is 0.118 e. The number of nitrogens with zero attached hydrogens (tertiary/aromatic N) is 2. The highest BCUT2D eigenvalue weighted by molar-refractivity contribution is 5.46. The Hall–Kier alpha value is -3.22. The summed E-state index contributed by atoms with van der Waals surface area (Å²) in [6.07, 6.45) is 0. The van der Waals surface area contributed by atoms with Gasteiger partial charge in [-0.3, -0.25) is 4.90 Å². The number of anilines is 1. The Morgan fingerprint density at radius 1 is 0.759 bits per heavy atom. The molecular weight excluding hydrogens is 356 g/mol. The lowest BCUT2D eigenvalue weighted by Crippen LogP contribution is -2.47. The Balaban J connectivity index is 1.54. The number of rotatable bonds is 4. The van der Waals surface area contributed by atoms with E-state index in [1.165, 1.54) is 11.3 Å². The van der Waals surface area contributed by atoms with Crippen LogP contribution in [0.25, 0.3) is 0 Å². The molecule has 0 N–H and O–H groups in total. The van der Waals surface area contributed by atoms with E-state index in [1.807, 2.05) is 30.3 Å². The molecule has 1 aliphatic rings. The van der Waals surface area contributed by atoms with Gasteiger partial charge in [-0.1, -0.05) is 60.4 Å². The molecule has 146 valence electrons. The molecule has 0 aliphatic carbocycles. The molecule has 3 nitrogen and oxygen atoms in total. The van der Waals surface area contributed by atoms with Crippen molar-refractivity contribution in [3.8, 4) is 17.6 Å². The summed E-state index contributed by atoms with van der Waals surface area (Å²) >= 11 is 0. The zero-order valence-electron chi connectivity index (χ0n) is 16.8. The van der Waals surface area contributed by atoms with E-state index in [9.17, 15) is 0 Å². The Kier molecular flexibility index (Phi) is 6.14. The number of para-hydroxylation sites is 1. The van der Waals surface area contributed by atoms with Crippen molar-refractivity contribution in [2.24, 2.45) is 0 Å². The van der Waals surface area contributed by atoms with E-state index in [1.54, 1.807) is 7.11 Å². The third kappa shape index (κ3) is 4.80. The van der Waals surface area contributed by atoms with Crippen LogP contribution in [0.2, 0.25) is 0 Å². The minimum Gasteiger partial charge on any atom is -0.497 e. The molecule has 0 saturated carbocycles. The van der Waals surface area contributed by atoms with Gasteiger partial charge in [0.1, 0.15) is 5.75 Å². The Bertz CT molecular complexity index is 950. The number of benzene rings is 3. The molecule has 1 aliphatic heterocycles. The highest BCUT2D eigenvalue weighted by Crippen LogP contribution is 2.25. The zero-order valence-corrected chi connectivity index (χ0v) is 16.8. The first-order valence-electron chi connectivity index (χ1n) is 10.1. The van der Waals surface area contributed by atoms with Gasteiger partial charge in [0.15, 0.2) is 0 Å². The van der Waals surface area contributed by atoms with E-state index in [0.29, 0.717) is 0 Å². The van der Waals surface area contributed by atoms with E-state index >= 15 is 0 Å². The summed E-state index contributed by atoms with van der Waals surface area (Å²) in [5, 5.41) is 0. The monoisotopic (exact) mass is 382 g/mol. The van der Waals surface area contributed by atoms with Crippen LogP contribution in [0, 0.1) is 11.8 Å². The molecule has 0 amide bonds. The van der Waals surface area contributed by atoms with Gasteiger partial charge in [-0.15, -0.1) is 0 Å². The second-order valence-electron chi connectivity index (χ2n) is 7.17. The molecule has 1 atom stereocenters. The van der Waals surface area contributed by atoms with Crippen molar-refractivity contribution in [3.05, 3.63) is 96.1 Å². The minimum absolute atomic E-state index is 0.0686. The van der Waals surface area contributed by atoms with Crippen molar-refractivity contribution in [2.75, 3.05) is 38.2 Å². The average Bonchev–Trinajstić information content (AvgIpc) is 2.81. The summed E-state index contributed by atoms with van der Waals surface area (Å²) in [6, 6.07) is 29.2. The third-order valence-electron chi connectivity index (χ3n) is 5.36. The molecule has 4 rings (SSSR count). The summed E-state index contributed by atoms with van der Waals surface area (Å²) in [6.45, 7) is 3.97. The summed E-state index contributed by atoms with van der Waals surface area (Å²) in [5.74, 6) is 7.78. The first kappa shape index (κ1) is 19.1. The molecular formula is C26H26N2O. The lowest BCUT2D eigenvalue weighted by atomic mass is 10.0. The number of hydrogen-bond acceptors (Lipinski definition) is 3. The molecule has 1 unspecified atom stereocenters. The van der Waals surface area contributed by atoms with Crippen LogP contribution < -0.4 is 9.64 Å². The van der Waals surface area contributed by atoms with Crippen molar-refractivity contribution >= 4 is 5.69 Å². The van der Waals surface area contributed by atoms with Crippen LogP contribution in [0.3, 0.4) is 0 Å². The molecule has 0 aromatic heterocycles. The molecule has 1 saturated heterocycles. The molecule has 29 heavy (non-hydrogen) atoms. The van der Waals surface area contributed by atoms with Crippen LogP contribution in [0.4, 0.5) is 5.69 Å². The zero-order chi connectivity index (χ0) is 19.9. The van der Waals surface area contributed by atoms with Crippen LogP contribution in [-0.2, 0) is 0 Å². The normalized spacial score (nSPS) is 15.3. The Morgan fingerprint density at radius 2 is 1.38 bits per heavy atom. The molecule has 3 heteroatoms. The summed E-state index contributed by atoms with van der Waals surface area (Å²) in [4.78, 5) is 4.93. The van der Waals surface area contributed by atoms with Crippen LogP contribution >= 0.6 is 0 Å². The second-order valence-corrected chi connectivity index (χ2v) is 7.17. The van der Waals surface area contributed by atoms with E-state index in [2.05, 4.69) is 76.2 Å². The van der Waals surface area contributed by atoms with Gasteiger partial charge in [-0.2, -0.15) is 0 Å². The van der Waals surface area contributed by atoms with Crippen molar-refractivity contribution in [2.45, 2.75) is 6.04 Å². The number of ether oxygens (including phenoxy) is 1. The molecule has 1 fully saturated rings. The molecule has 1 heterocycles. The molecule has 3 aromatic rings. The number of methoxy groups -OCH3 is 1. The summed E-state index contributed by atoms with van der Waals surface area (Å²) in [5.41, 5.74) is 3.56. The molecule has 0 radical (unpaired) electrons. The van der Waals surface area contributed by atoms with Crippen LogP contribution in [-0.4, -0.2) is 38.2 Å². The number of hydrogen-bond donors (Lipinski definition) is 0. The third-order valence-corrected chi connectivity index (χ3v) is 5.36. The van der Waals surface area contributed by atoms with Crippen LogP contribution in [0.1, 0.15) is 17.2 Å². The summed E-state index contributed by atoms with van der Waals surface area (Å²) in [7, 11) is 1.70. The first-order chi connectivity index (χ1) is 14.3. The summed E-state index contributed by atoms with van der Waals surface area (Å²) < 4.78 is 5.33. The standard InChI is InChI=1S/C26H26N2O/c1-29-25-15-13-23(14-16-25)26(17-12-22-8-4-2-5-9-22)28-20-18-27(19-21-28)24-10-6-3-7-11-24/h2-11,13-16,26H,18-21H2,1H3. The fourth-order valence-corrected chi connectivity index (χ4v) is 3.72.